The number of hydrogen-bond donors (Lipinski definition) is 3. The number of carboxylic acids is 1. The van der Waals surface area contributed by atoms with Crippen LogP contribution in [-0.2, 0) is 10.3 Å². The zero-order valence-corrected chi connectivity index (χ0v) is 18.4. The Kier molecular flexibility index (Phi) is 4.49. The minimum atomic E-state index is -1.88. The second-order valence-electron chi connectivity index (χ2n) is 7.02. The SMILES string of the molecule is O=C(O)c1cc(Cl)c2c(c1Cl)C1(OC2=O)c2cc(Cl)c(O)cc2Oc2c1ccc(O)c2Cl. The first-order valence-corrected chi connectivity index (χ1v) is 10.3. The third-order valence-corrected chi connectivity index (χ3v) is 6.70. The van der Waals surface area contributed by atoms with Crippen LogP contribution in [0.1, 0.15) is 37.4 Å². The summed E-state index contributed by atoms with van der Waals surface area (Å²) in [6, 6.07) is 6.17. The van der Waals surface area contributed by atoms with Crippen LogP contribution >= 0.6 is 46.4 Å². The van der Waals surface area contributed by atoms with Gasteiger partial charge in [0.1, 0.15) is 22.3 Å². The summed E-state index contributed by atoms with van der Waals surface area (Å²) >= 11 is 25.2. The Balaban J connectivity index is 2.01. The van der Waals surface area contributed by atoms with Crippen LogP contribution in [0.25, 0.3) is 0 Å². The van der Waals surface area contributed by atoms with Crippen LogP contribution in [0, 0.1) is 0 Å². The Morgan fingerprint density at radius 3 is 2.31 bits per heavy atom. The lowest BCUT2D eigenvalue weighted by Crippen LogP contribution is -2.33. The van der Waals surface area contributed by atoms with Gasteiger partial charge in [0.15, 0.2) is 11.4 Å². The van der Waals surface area contributed by atoms with Crippen molar-refractivity contribution in [2.45, 2.75) is 5.60 Å². The number of hydrogen-bond acceptors (Lipinski definition) is 6. The maximum absolute atomic E-state index is 13.0. The van der Waals surface area contributed by atoms with Crippen molar-refractivity contribution in [3.63, 3.8) is 0 Å². The maximum atomic E-state index is 13.0. The molecule has 7 nitrogen and oxygen atoms in total. The van der Waals surface area contributed by atoms with E-state index in [0.717, 1.165) is 6.07 Å². The van der Waals surface area contributed by atoms with Gasteiger partial charge in [-0.15, -0.1) is 0 Å². The van der Waals surface area contributed by atoms with Gasteiger partial charge in [-0.05, 0) is 24.3 Å². The molecule has 0 fully saturated rings. The minimum absolute atomic E-state index is 0.0135. The van der Waals surface area contributed by atoms with Crippen molar-refractivity contribution in [3.05, 3.63) is 78.2 Å². The van der Waals surface area contributed by atoms with Gasteiger partial charge in [-0.1, -0.05) is 46.4 Å². The summed E-state index contributed by atoms with van der Waals surface area (Å²) in [5.41, 5.74) is -2.16. The predicted molar refractivity (Wildman–Crippen MR) is 115 cm³/mol. The van der Waals surface area contributed by atoms with Gasteiger partial charge in [-0.25, -0.2) is 9.59 Å². The molecule has 2 aliphatic rings. The van der Waals surface area contributed by atoms with Crippen molar-refractivity contribution in [3.8, 4) is 23.0 Å². The van der Waals surface area contributed by atoms with Crippen LogP contribution in [0.3, 0.4) is 0 Å². The molecule has 162 valence electrons. The average molecular weight is 514 g/mol. The monoisotopic (exact) mass is 512 g/mol. The van der Waals surface area contributed by atoms with Gasteiger partial charge in [-0.2, -0.15) is 0 Å². The van der Waals surface area contributed by atoms with E-state index in [1.54, 1.807) is 0 Å². The molecule has 1 spiro atoms. The Hall–Kier alpha value is -2.84. The van der Waals surface area contributed by atoms with Crippen LogP contribution in [0.5, 0.6) is 23.0 Å². The van der Waals surface area contributed by atoms with Crippen LogP contribution in [-0.4, -0.2) is 27.3 Å². The highest BCUT2D eigenvalue weighted by molar-refractivity contribution is 6.39. The molecule has 1 unspecified atom stereocenters. The second-order valence-corrected chi connectivity index (χ2v) is 8.59. The molecule has 5 rings (SSSR count). The first-order chi connectivity index (χ1) is 15.1. The first-order valence-electron chi connectivity index (χ1n) is 8.79. The Morgan fingerprint density at radius 2 is 1.62 bits per heavy atom. The van der Waals surface area contributed by atoms with E-state index in [-0.39, 0.29) is 70.9 Å². The molecule has 0 aromatic heterocycles. The summed E-state index contributed by atoms with van der Waals surface area (Å²) < 4.78 is 11.7. The smallest absolute Gasteiger partial charge is 0.341 e. The largest absolute Gasteiger partial charge is 0.506 e. The second kappa shape index (κ2) is 6.83. The fraction of sp³-hybridized carbons (Fsp3) is 0.0476. The molecule has 0 amide bonds. The van der Waals surface area contributed by atoms with E-state index in [4.69, 9.17) is 55.9 Å². The number of phenols is 2. The number of carbonyl (C=O) groups is 2. The topological polar surface area (TPSA) is 113 Å². The Morgan fingerprint density at radius 1 is 0.906 bits per heavy atom. The molecular formula is C21H8Cl4O7. The van der Waals surface area contributed by atoms with Gasteiger partial charge in [0.2, 0.25) is 0 Å². The van der Waals surface area contributed by atoms with E-state index in [1.165, 1.54) is 24.3 Å². The Bertz CT molecular complexity index is 1400. The minimum Gasteiger partial charge on any atom is -0.506 e. The van der Waals surface area contributed by atoms with Gasteiger partial charge in [0, 0.05) is 22.8 Å². The number of aromatic carboxylic acids is 1. The lowest BCUT2D eigenvalue weighted by molar-refractivity contribution is 0.0224. The van der Waals surface area contributed by atoms with E-state index in [2.05, 4.69) is 0 Å². The number of phenolic OH excluding ortho intramolecular Hbond substituents is 2. The number of benzene rings is 3. The third-order valence-electron chi connectivity index (χ3n) is 5.34. The van der Waals surface area contributed by atoms with E-state index in [1.807, 2.05) is 0 Å². The fourth-order valence-corrected chi connectivity index (χ4v) is 5.02. The van der Waals surface area contributed by atoms with E-state index >= 15 is 0 Å². The van der Waals surface area contributed by atoms with Gasteiger partial charge < -0.3 is 24.8 Å². The van der Waals surface area contributed by atoms with Gasteiger partial charge >= 0.3 is 11.9 Å². The molecule has 0 aliphatic carbocycles. The number of esters is 1. The third kappa shape index (κ3) is 2.56. The highest BCUT2D eigenvalue weighted by atomic mass is 35.5. The highest BCUT2D eigenvalue weighted by Crippen LogP contribution is 2.61. The molecule has 0 saturated carbocycles. The zero-order chi connectivity index (χ0) is 23.1. The number of ether oxygens (including phenoxy) is 2. The molecular weight excluding hydrogens is 506 g/mol. The lowest BCUT2D eigenvalue weighted by Gasteiger charge is -2.37. The predicted octanol–water partition coefficient (Wildman–Crippen LogP) is 5.98. The van der Waals surface area contributed by atoms with Crippen molar-refractivity contribution in [2.24, 2.45) is 0 Å². The first kappa shape index (κ1) is 21.0. The van der Waals surface area contributed by atoms with Gasteiger partial charge in [0.25, 0.3) is 0 Å². The normalized spacial score (nSPS) is 17.9. The summed E-state index contributed by atoms with van der Waals surface area (Å²) in [4.78, 5) is 24.8. The van der Waals surface area contributed by atoms with Crippen LogP contribution in [0.2, 0.25) is 20.1 Å². The molecule has 11 heteroatoms. The number of fused-ring (bicyclic) bond motifs is 6. The molecule has 3 aromatic rings. The summed E-state index contributed by atoms with van der Waals surface area (Å²) in [5.74, 6) is -3.02. The molecule has 1 atom stereocenters. The molecule has 3 N–H and O–H groups in total. The van der Waals surface area contributed by atoms with E-state index in [9.17, 15) is 24.9 Å². The molecule has 2 heterocycles. The summed E-state index contributed by atoms with van der Waals surface area (Å²) in [6.07, 6.45) is 0. The average Bonchev–Trinajstić information content (AvgIpc) is 3.04. The van der Waals surface area contributed by atoms with Crippen molar-refractivity contribution in [1.82, 2.24) is 0 Å². The molecule has 0 bridgehead atoms. The molecule has 3 aromatic carbocycles. The van der Waals surface area contributed by atoms with Gasteiger partial charge in [-0.3, -0.25) is 0 Å². The van der Waals surface area contributed by atoms with Crippen LogP contribution in [0.4, 0.5) is 0 Å². The summed E-state index contributed by atoms with van der Waals surface area (Å²) in [7, 11) is 0. The Labute approximate surface area is 199 Å². The lowest BCUT2D eigenvalue weighted by atomic mass is 9.77. The van der Waals surface area contributed by atoms with Gasteiger partial charge in [0.05, 0.1) is 26.2 Å². The maximum Gasteiger partial charge on any atom is 0.341 e. The number of carbonyl (C=O) groups excluding carboxylic acids is 1. The van der Waals surface area contributed by atoms with Crippen molar-refractivity contribution < 1.29 is 34.4 Å². The van der Waals surface area contributed by atoms with Crippen molar-refractivity contribution in [1.29, 1.82) is 0 Å². The highest BCUT2D eigenvalue weighted by Gasteiger charge is 2.57. The zero-order valence-electron chi connectivity index (χ0n) is 15.4. The molecule has 2 aliphatic heterocycles. The number of carboxylic acid groups (broad SMARTS) is 1. The number of rotatable bonds is 1. The van der Waals surface area contributed by atoms with Crippen LogP contribution in [0.15, 0.2) is 30.3 Å². The quantitative estimate of drug-likeness (QED) is 0.343. The standard InChI is InChI=1S/C21H8Cl4O7/c22-9-4-8-13(5-12(9)27)31-18-7(1-2-11(26)17(18)25)21(8)15-14(20(30)32-21)10(23)3-6(16(15)24)19(28)29/h1-5,26-27H,(H,28,29). The van der Waals surface area contributed by atoms with Crippen molar-refractivity contribution in [2.75, 3.05) is 0 Å². The van der Waals surface area contributed by atoms with E-state index < -0.39 is 17.5 Å². The fourth-order valence-electron chi connectivity index (χ4n) is 4.01. The van der Waals surface area contributed by atoms with Crippen molar-refractivity contribution >= 4 is 58.3 Å². The summed E-state index contributed by atoms with van der Waals surface area (Å²) in [6.45, 7) is 0. The number of aromatic hydroxyl groups is 2. The molecule has 0 saturated heterocycles. The molecule has 32 heavy (non-hydrogen) atoms. The number of halogens is 4. The molecule has 0 radical (unpaired) electrons. The van der Waals surface area contributed by atoms with Crippen LogP contribution < -0.4 is 4.74 Å². The van der Waals surface area contributed by atoms with E-state index in [0.29, 0.717) is 0 Å². The summed E-state index contributed by atoms with van der Waals surface area (Å²) in [5, 5.41) is 29.1.